The quantitative estimate of drug-likeness (QED) is 0.160. The second-order valence-corrected chi connectivity index (χ2v) is 13.5. The lowest BCUT2D eigenvalue weighted by Crippen LogP contribution is -2.29. The molecule has 9 nitrogen and oxygen atoms in total. The topological polar surface area (TPSA) is 94.1 Å². The van der Waals surface area contributed by atoms with Gasteiger partial charge in [0, 0.05) is 5.56 Å². The summed E-state index contributed by atoms with van der Waals surface area (Å²) in [5, 5.41) is 8.60. The third kappa shape index (κ3) is 17.7. The van der Waals surface area contributed by atoms with Gasteiger partial charge in [0.1, 0.15) is 12.4 Å². The van der Waals surface area contributed by atoms with E-state index in [-0.39, 0.29) is 22.9 Å². The number of hydrogen-bond acceptors (Lipinski definition) is 9. The molecule has 0 saturated heterocycles. The highest BCUT2D eigenvalue weighted by Crippen LogP contribution is 2.45. The average Bonchev–Trinajstić information content (AvgIpc) is 2.91. The van der Waals surface area contributed by atoms with E-state index in [4.69, 9.17) is 43.0 Å². The van der Waals surface area contributed by atoms with Crippen LogP contribution in [0.1, 0.15) is 79.0 Å². The first-order chi connectivity index (χ1) is 20.3. The minimum atomic E-state index is -0.0509. The van der Waals surface area contributed by atoms with Gasteiger partial charge in [0.05, 0.1) is 99.1 Å². The van der Waals surface area contributed by atoms with E-state index >= 15 is 0 Å². The molecule has 0 bridgehead atoms. The highest BCUT2D eigenvalue weighted by atomic mass is 16.6. The van der Waals surface area contributed by atoms with Crippen molar-refractivity contribution in [1.82, 2.24) is 0 Å². The van der Waals surface area contributed by atoms with Crippen LogP contribution in [0.3, 0.4) is 0 Å². The highest BCUT2D eigenvalue weighted by molar-refractivity contribution is 5.53. The van der Waals surface area contributed by atoms with E-state index in [9.17, 15) is 0 Å². The highest BCUT2D eigenvalue weighted by Gasteiger charge is 2.34. The molecule has 0 saturated carbocycles. The number of rotatable bonds is 24. The van der Waals surface area contributed by atoms with E-state index in [0.717, 1.165) is 5.75 Å². The van der Waals surface area contributed by atoms with Crippen molar-refractivity contribution in [3.63, 3.8) is 0 Å². The van der Waals surface area contributed by atoms with Gasteiger partial charge in [-0.05, 0) is 33.4 Å². The Morgan fingerprint density at radius 2 is 0.744 bits per heavy atom. The molecule has 0 radical (unpaired) electrons. The molecule has 43 heavy (non-hydrogen) atoms. The Labute approximate surface area is 261 Å². The van der Waals surface area contributed by atoms with Crippen molar-refractivity contribution in [2.45, 2.75) is 78.6 Å². The molecular weight excluding hydrogens is 552 g/mol. The van der Waals surface area contributed by atoms with Crippen molar-refractivity contribution in [3.8, 4) is 5.75 Å². The summed E-state index contributed by atoms with van der Waals surface area (Å²) in [6.07, 6.45) is 0. The first-order valence-corrected chi connectivity index (χ1v) is 15.8. The molecule has 1 aromatic carbocycles. The van der Waals surface area contributed by atoms with E-state index in [1.807, 2.05) is 0 Å². The summed E-state index contributed by atoms with van der Waals surface area (Å²) in [6.45, 7) is 27.9. The van der Waals surface area contributed by atoms with Crippen molar-refractivity contribution in [2.24, 2.45) is 0 Å². The zero-order chi connectivity index (χ0) is 32.2. The predicted molar refractivity (Wildman–Crippen MR) is 171 cm³/mol. The number of benzene rings is 1. The minimum absolute atomic E-state index is 0.00103. The molecule has 1 N–H and O–H groups in total. The van der Waals surface area contributed by atoms with Crippen LogP contribution in [-0.4, -0.2) is 111 Å². The Morgan fingerprint density at radius 3 is 1.05 bits per heavy atom. The van der Waals surface area contributed by atoms with Gasteiger partial charge >= 0.3 is 0 Å². The fourth-order valence-electron chi connectivity index (χ4n) is 4.55. The van der Waals surface area contributed by atoms with Gasteiger partial charge in [-0.3, -0.25) is 0 Å². The van der Waals surface area contributed by atoms with Crippen molar-refractivity contribution < 1.29 is 43.0 Å². The number of aliphatic hydroxyl groups is 1. The average molecular weight is 615 g/mol. The lowest BCUT2D eigenvalue weighted by molar-refractivity contribution is -0.0221. The Morgan fingerprint density at radius 1 is 0.419 bits per heavy atom. The van der Waals surface area contributed by atoms with E-state index < -0.39 is 0 Å². The summed E-state index contributed by atoms with van der Waals surface area (Å²) in [6, 6.07) is 4.37. The van der Waals surface area contributed by atoms with Gasteiger partial charge in [-0.1, -0.05) is 68.4 Å². The largest absolute Gasteiger partial charge is 0.491 e. The molecule has 9 heteroatoms. The standard InChI is InChI=1S/C34H62O9/c1-32(2,3)28-10-11-29(31(34(7,8)9)30(28)33(4,5)6)43-27-26-42-25-24-41-23-22-40-21-20-39-19-18-38-17-16-37-15-14-36-13-12-35/h10-11,35H,12-27H2,1-9H3. The number of hydrogen-bond donors (Lipinski definition) is 1. The molecular formula is C34H62O9. The number of aliphatic hydroxyl groups excluding tert-OH is 1. The molecule has 0 spiro atoms. The second-order valence-electron chi connectivity index (χ2n) is 13.5. The van der Waals surface area contributed by atoms with Crippen LogP contribution >= 0.6 is 0 Å². The van der Waals surface area contributed by atoms with Crippen LogP contribution in [0.25, 0.3) is 0 Å². The second kappa shape index (κ2) is 21.4. The normalized spacial score (nSPS) is 12.7. The maximum Gasteiger partial charge on any atom is 0.123 e. The maximum absolute atomic E-state index is 8.60. The molecule has 1 rings (SSSR count). The Bertz CT molecular complexity index is 838. The minimum Gasteiger partial charge on any atom is -0.491 e. The maximum atomic E-state index is 8.60. The van der Waals surface area contributed by atoms with Gasteiger partial charge in [0.15, 0.2) is 0 Å². The summed E-state index contributed by atoms with van der Waals surface area (Å²) in [5.74, 6) is 0.946. The van der Waals surface area contributed by atoms with Crippen LogP contribution in [0.4, 0.5) is 0 Å². The molecule has 252 valence electrons. The lowest BCUT2D eigenvalue weighted by Gasteiger charge is -2.37. The smallest absolute Gasteiger partial charge is 0.123 e. The molecule has 0 aromatic heterocycles. The van der Waals surface area contributed by atoms with Crippen molar-refractivity contribution in [2.75, 3.05) is 106 Å². The SMILES string of the molecule is CC(C)(C)c1ccc(OCCOCCOCCOCCOCCOCCOCCOCCO)c(C(C)(C)C)c1C(C)(C)C. The molecule has 0 unspecified atom stereocenters. The molecule has 0 amide bonds. The Kier molecular flexibility index (Phi) is 19.8. The number of ether oxygens (including phenoxy) is 8. The van der Waals surface area contributed by atoms with Crippen LogP contribution in [0.5, 0.6) is 5.75 Å². The van der Waals surface area contributed by atoms with E-state index in [1.54, 1.807) is 0 Å². The van der Waals surface area contributed by atoms with E-state index in [0.29, 0.717) is 99.1 Å². The Hall–Kier alpha value is -1.30. The first kappa shape index (κ1) is 39.7. The molecule has 0 heterocycles. The summed E-state index contributed by atoms with van der Waals surface area (Å²) in [4.78, 5) is 0. The third-order valence-corrected chi connectivity index (χ3v) is 6.43. The molecule has 1 aromatic rings. The molecule has 0 atom stereocenters. The third-order valence-electron chi connectivity index (χ3n) is 6.43. The van der Waals surface area contributed by atoms with Gasteiger partial charge < -0.3 is 43.0 Å². The lowest BCUT2D eigenvalue weighted by atomic mass is 9.68. The zero-order valence-corrected chi connectivity index (χ0v) is 28.7. The van der Waals surface area contributed by atoms with Crippen LogP contribution in [0, 0.1) is 0 Å². The van der Waals surface area contributed by atoms with Crippen LogP contribution in [0.2, 0.25) is 0 Å². The van der Waals surface area contributed by atoms with Gasteiger partial charge in [0.2, 0.25) is 0 Å². The molecule has 0 fully saturated rings. The first-order valence-electron chi connectivity index (χ1n) is 15.8. The van der Waals surface area contributed by atoms with E-state index in [2.05, 4.69) is 74.4 Å². The van der Waals surface area contributed by atoms with Crippen LogP contribution < -0.4 is 4.74 Å². The van der Waals surface area contributed by atoms with Crippen molar-refractivity contribution >= 4 is 0 Å². The van der Waals surface area contributed by atoms with Crippen molar-refractivity contribution in [1.29, 1.82) is 0 Å². The van der Waals surface area contributed by atoms with Crippen molar-refractivity contribution in [3.05, 3.63) is 28.8 Å². The summed E-state index contributed by atoms with van der Waals surface area (Å²) in [5.41, 5.74) is 4.05. The fourth-order valence-corrected chi connectivity index (χ4v) is 4.55. The van der Waals surface area contributed by atoms with Crippen LogP contribution in [0.15, 0.2) is 12.1 Å². The zero-order valence-electron chi connectivity index (χ0n) is 28.7. The molecule has 0 aliphatic heterocycles. The Balaban J connectivity index is 2.13. The van der Waals surface area contributed by atoms with Gasteiger partial charge in [-0.15, -0.1) is 0 Å². The van der Waals surface area contributed by atoms with Gasteiger partial charge in [-0.25, -0.2) is 0 Å². The summed E-state index contributed by atoms with van der Waals surface area (Å²) >= 11 is 0. The predicted octanol–water partition coefficient (Wildman–Crippen LogP) is 5.07. The molecule has 0 aliphatic carbocycles. The van der Waals surface area contributed by atoms with E-state index in [1.165, 1.54) is 16.7 Å². The molecule has 0 aliphatic rings. The van der Waals surface area contributed by atoms with Gasteiger partial charge in [-0.2, -0.15) is 0 Å². The van der Waals surface area contributed by atoms with Gasteiger partial charge in [0.25, 0.3) is 0 Å². The fraction of sp³-hybridized carbons (Fsp3) is 0.824. The summed E-state index contributed by atoms with van der Waals surface area (Å²) < 4.78 is 44.5. The van der Waals surface area contributed by atoms with Crippen LogP contribution in [-0.2, 0) is 49.4 Å². The summed E-state index contributed by atoms with van der Waals surface area (Å²) in [7, 11) is 0. The monoisotopic (exact) mass is 614 g/mol.